The van der Waals surface area contributed by atoms with E-state index in [1.54, 1.807) is 6.20 Å². The van der Waals surface area contributed by atoms with Crippen molar-refractivity contribution in [3.05, 3.63) is 46.7 Å². The van der Waals surface area contributed by atoms with Gasteiger partial charge in [-0.05, 0) is 30.5 Å². The van der Waals surface area contributed by atoms with E-state index in [0.29, 0.717) is 11.6 Å². The molecular weight excluding hydrogens is 286 g/mol. The summed E-state index contributed by atoms with van der Waals surface area (Å²) in [6.07, 6.45) is 3.62. The van der Waals surface area contributed by atoms with Crippen LogP contribution in [-0.2, 0) is 6.54 Å². The summed E-state index contributed by atoms with van der Waals surface area (Å²) in [6, 6.07) is 7.55. The molecule has 0 radical (unpaired) electrons. The molecule has 2 rings (SSSR count). The first-order chi connectivity index (χ1) is 10.2. The average Bonchev–Trinajstić information content (AvgIpc) is 2.86. The number of aryl methyl sites for hydroxylation is 1. The molecule has 0 saturated heterocycles. The Labute approximate surface area is 130 Å². The second-order valence-electron chi connectivity index (χ2n) is 5.00. The van der Waals surface area contributed by atoms with E-state index in [1.807, 2.05) is 28.9 Å². The van der Waals surface area contributed by atoms with Crippen LogP contribution in [-0.4, -0.2) is 16.4 Å². The highest BCUT2D eigenvalue weighted by atomic mass is 35.5. The second-order valence-corrected chi connectivity index (χ2v) is 5.41. The molecule has 0 bridgehead atoms. The molecule has 114 valence electrons. The lowest BCUT2D eigenvalue weighted by Crippen LogP contribution is -2.18. The van der Waals surface area contributed by atoms with Crippen molar-refractivity contribution in [2.45, 2.75) is 39.3 Å². The summed E-state index contributed by atoms with van der Waals surface area (Å²) in [6.45, 7) is 5.69. The molecule has 1 aromatic carbocycles. The Hall–Kier alpha value is -1.52. The van der Waals surface area contributed by atoms with Crippen LogP contribution in [0.15, 0.2) is 30.5 Å². The average molecular weight is 308 g/mol. The van der Waals surface area contributed by atoms with Crippen LogP contribution in [0.4, 0.5) is 0 Å². The maximum Gasteiger partial charge on any atom is 0.119 e. The van der Waals surface area contributed by atoms with Gasteiger partial charge in [0.1, 0.15) is 5.75 Å². The minimum Gasteiger partial charge on any atom is -0.494 e. The Balaban J connectivity index is 2.27. The zero-order chi connectivity index (χ0) is 15.2. The number of benzene rings is 1. The minimum atomic E-state index is -0.309. The molecule has 0 amide bonds. The highest BCUT2D eigenvalue weighted by Gasteiger charge is 2.18. The van der Waals surface area contributed by atoms with Crippen molar-refractivity contribution in [1.29, 1.82) is 0 Å². The summed E-state index contributed by atoms with van der Waals surface area (Å²) in [5.41, 5.74) is 8.22. The van der Waals surface area contributed by atoms with Crippen LogP contribution in [0.25, 0.3) is 0 Å². The van der Waals surface area contributed by atoms with Gasteiger partial charge in [-0.3, -0.25) is 4.68 Å². The smallest absolute Gasteiger partial charge is 0.119 e. The summed E-state index contributed by atoms with van der Waals surface area (Å²) in [4.78, 5) is 0. The summed E-state index contributed by atoms with van der Waals surface area (Å²) >= 11 is 6.25. The SMILES string of the molecule is CCCOc1cccc(C(N)c2c(Cl)cnn2CCC)c1. The van der Waals surface area contributed by atoms with Crippen LogP contribution in [0.3, 0.4) is 0 Å². The van der Waals surface area contributed by atoms with Gasteiger partial charge in [0.2, 0.25) is 0 Å². The molecule has 1 atom stereocenters. The lowest BCUT2D eigenvalue weighted by atomic mass is 10.0. The van der Waals surface area contributed by atoms with E-state index in [1.165, 1.54) is 0 Å². The number of halogens is 1. The third-order valence-electron chi connectivity index (χ3n) is 3.25. The van der Waals surface area contributed by atoms with E-state index in [2.05, 4.69) is 18.9 Å². The summed E-state index contributed by atoms with van der Waals surface area (Å²) in [5.74, 6) is 0.836. The highest BCUT2D eigenvalue weighted by molar-refractivity contribution is 6.31. The summed E-state index contributed by atoms with van der Waals surface area (Å²) < 4.78 is 7.54. The van der Waals surface area contributed by atoms with Gasteiger partial charge < -0.3 is 10.5 Å². The fraction of sp³-hybridized carbons (Fsp3) is 0.438. The van der Waals surface area contributed by atoms with Gasteiger partial charge in [0.25, 0.3) is 0 Å². The summed E-state index contributed by atoms with van der Waals surface area (Å²) in [7, 11) is 0. The molecule has 1 unspecified atom stereocenters. The van der Waals surface area contributed by atoms with Crippen LogP contribution in [0.1, 0.15) is 44.0 Å². The second kappa shape index (κ2) is 7.48. The number of nitrogens with two attached hydrogens (primary N) is 1. The molecule has 2 aromatic rings. The Morgan fingerprint density at radius 3 is 2.86 bits per heavy atom. The topological polar surface area (TPSA) is 53.1 Å². The van der Waals surface area contributed by atoms with Crippen molar-refractivity contribution in [1.82, 2.24) is 9.78 Å². The van der Waals surface area contributed by atoms with E-state index in [0.717, 1.165) is 36.4 Å². The van der Waals surface area contributed by atoms with Crippen molar-refractivity contribution in [3.63, 3.8) is 0 Å². The molecule has 2 N–H and O–H groups in total. The van der Waals surface area contributed by atoms with Gasteiger partial charge in [-0.1, -0.05) is 37.6 Å². The van der Waals surface area contributed by atoms with Crippen molar-refractivity contribution < 1.29 is 4.74 Å². The van der Waals surface area contributed by atoms with Crippen LogP contribution in [0.5, 0.6) is 5.75 Å². The monoisotopic (exact) mass is 307 g/mol. The fourth-order valence-corrected chi connectivity index (χ4v) is 2.51. The van der Waals surface area contributed by atoms with Crippen LogP contribution in [0, 0.1) is 0 Å². The third kappa shape index (κ3) is 3.77. The van der Waals surface area contributed by atoms with E-state index in [-0.39, 0.29) is 6.04 Å². The Morgan fingerprint density at radius 1 is 1.33 bits per heavy atom. The molecule has 0 spiro atoms. The number of hydrogen-bond donors (Lipinski definition) is 1. The fourth-order valence-electron chi connectivity index (χ4n) is 2.25. The number of aromatic nitrogens is 2. The number of ether oxygens (including phenoxy) is 1. The first-order valence-electron chi connectivity index (χ1n) is 7.36. The standard InChI is InChI=1S/C16H22ClN3O/c1-3-8-20-16(14(17)11-19-20)15(18)12-6-5-7-13(10-12)21-9-4-2/h5-7,10-11,15H,3-4,8-9,18H2,1-2H3. The van der Waals surface area contributed by atoms with Gasteiger partial charge in [0.15, 0.2) is 0 Å². The molecular formula is C16H22ClN3O. The predicted molar refractivity (Wildman–Crippen MR) is 85.8 cm³/mol. The molecule has 1 heterocycles. The van der Waals surface area contributed by atoms with Gasteiger partial charge in [0.05, 0.1) is 29.6 Å². The van der Waals surface area contributed by atoms with Crippen LogP contribution >= 0.6 is 11.6 Å². The maximum atomic E-state index is 6.39. The molecule has 0 aliphatic carbocycles. The molecule has 0 aliphatic rings. The van der Waals surface area contributed by atoms with E-state index in [9.17, 15) is 0 Å². The lowest BCUT2D eigenvalue weighted by molar-refractivity contribution is 0.317. The molecule has 5 heteroatoms. The van der Waals surface area contributed by atoms with Crippen molar-refractivity contribution in [2.24, 2.45) is 5.73 Å². The number of hydrogen-bond acceptors (Lipinski definition) is 3. The van der Waals surface area contributed by atoms with E-state index in [4.69, 9.17) is 22.1 Å². The van der Waals surface area contributed by atoms with Gasteiger partial charge in [0, 0.05) is 6.54 Å². The van der Waals surface area contributed by atoms with Crippen LogP contribution < -0.4 is 10.5 Å². The van der Waals surface area contributed by atoms with Crippen molar-refractivity contribution in [3.8, 4) is 5.75 Å². The Bertz CT molecular complexity index is 583. The predicted octanol–water partition coefficient (Wildman–Crippen LogP) is 3.78. The quantitative estimate of drug-likeness (QED) is 0.847. The highest BCUT2D eigenvalue weighted by Crippen LogP contribution is 2.28. The molecule has 0 saturated carbocycles. The third-order valence-corrected chi connectivity index (χ3v) is 3.54. The zero-order valence-corrected chi connectivity index (χ0v) is 13.3. The van der Waals surface area contributed by atoms with Gasteiger partial charge >= 0.3 is 0 Å². The molecule has 4 nitrogen and oxygen atoms in total. The largest absolute Gasteiger partial charge is 0.494 e. The minimum absolute atomic E-state index is 0.309. The first kappa shape index (κ1) is 15.9. The molecule has 0 aliphatic heterocycles. The molecule has 1 aromatic heterocycles. The lowest BCUT2D eigenvalue weighted by Gasteiger charge is -2.16. The first-order valence-corrected chi connectivity index (χ1v) is 7.74. The van der Waals surface area contributed by atoms with E-state index >= 15 is 0 Å². The number of rotatable bonds is 7. The normalized spacial score (nSPS) is 12.4. The zero-order valence-electron chi connectivity index (χ0n) is 12.6. The Morgan fingerprint density at radius 2 is 2.14 bits per heavy atom. The van der Waals surface area contributed by atoms with Gasteiger partial charge in [-0.25, -0.2) is 0 Å². The Kier molecular flexibility index (Phi) is 5.65. The maximum absolute atomic E-state index is 6.39. The molecule has 0 fully saturated rings. The van der Waals surface area contributed by atoms with Crippen LogP contribution in [0.2, 0.25) is 5.02 Å². The van der Waals surface area contributed by atoms with Gasteiger partial charge in [-0.15, -0.1) is 0 Å². The van der Waals surface area contributed by atoms with Crippen molar-refractivity contribution >= 4 is 11.6 Å². The van der Waals surface area contributed by atoms with Gasteiger partial charge in [-0.2, -0.15) is 5.10 Å². The van der Waals surface area contributed by atoms with Crippen molar-refractivity contribution in [2.75, 3.05) is 6.61 Å². The number of nitrogens with zero attached hydrogens (tertiary/aromatic N) is 2. The summed E-state index contributed by atoms with van der Waals surface area (Å²) in [5, 5.41) is 4.90. The molecule has 21 heavy (non-hydrogen) atoms. The van der Waals surface area contributed by atoms with E-state index < -0.39 is 0 Å².